The number of carbonyl (C=O) groups excluding carboxylic acids is 2. The predicted octanol–water partition coefficient (Wildman–Crippen LogP) is 1.70. The molecule has 27 heavy (non-hydrogen) atoms. The summed E-state index contributed by atoms with van der Waals surface area (Å²) in [5.41, 5.74) is 1.49. The third-order valence-corrected chi connectivity index (χ3v) is 4.75. The average molecular weight is 368 g/mol. The van der Waals surface area contributed by atoms with E-state index in [1.807, 2.05) is 29.2 Å². The monoisotopic (exact) mass is 368 g/mol. The van der Waals surface area contributed by atoms with E-state index in [1.165, 1.54) is 12.4 Å². The van der Waals surface area contributed by atoms with Crippen LogP contribution < -0.4 is 10.1 Å². The van der Waals surface area contributed by atoms with Crippen LogP contribution in [-0.4, -0.2) is 53.7 Å². The van der Waals surface area contributed by atoms with Crippen LogP contribution in [0.4, 0.5) is 0 Å². The minimum absolute atomic E-state index is 0.0121. The molecular weight excluding hydrogens is 344 g/mol. The van der Waals surface area contributed by atoms with Gasteiger partial charge in [-0.15, -0.1) is 0 Å². The molecule has 1 aromatic carbocycles. The minimum Gasteiger partial charge on any atom is -0.497 e. The van der Waals surface area contributed by atoms with Gasteiger partial charge in [0.15, 0.2) is 0 Å². The predicted molar refractivity (Wildman–Crippen MR) is 100 cm³/mol. The van der Waals surface area contributed by atoms with Crippen molar-refractivity contribution in [2.75, 3.05) is 26.7 Å². The second-order valence-corrected chi connectivity index (χ2v) is 6.72. The van der Waals surface area contributed by atoms with E-state index in [0.29, 0.717) is 25.1 Å². The number of methoxy groups -OCH3 is 1. The van der Waals surface area contributed by atoms with Crippen LogP contribution >= 0.6 is 0 Å². The van der Waals surface area contributed by atoms with Crippen molar-refractivity contribution in [2.45, 2.75) is 19.3 Å². The van der Waals surface area contributed by atoms with Gasteiger partial charge in [0.25, 0.3) is 5.91 Å². The number of nitrogens with one attached hydrogen (secondary N) is 1. The van der Waals surface area contributed by atoms with Crippen molar-refractivity contribution in [3.05, 3.63) is 53.9 Å². The molecular formula is C20H24N4O3. The number of carbonyl (C=O) groups is 2. The van der Waals surface area contributed by atoms with Gasteiger partial charge in [0.2, 0.25) is 5.91 Å². The Morgan fingerprint density at radius 2 is 2.04 bits per heavy atom. The number of rotatable bonds is 6. The molecule has 1 N–H and O–H groups in total. The molecule has 0 unspecified atom stereocenters. The number of benzene rings is 1. The second kappa shape index (κ2) is 9.12. The second-order valence-electron chi connectivity index (χ2n) is 6.72. The quantitative estimate of drug-likeness (QED) is 0.839. The van der Waals surface area contributed by atoms with Crippen LogP contribution in [0.1, 0.15) is 28.8 Å². The van der Waals surface area contributed by atoms with E-state index < -0.39 is 0 Å². The van der Waals surface area contributed by atoms with Gasteiger partial charge in [-0.25, -0.2) is 0 Å². The third kappa shape index (κ3) is 5.26. The summed E-state index contributed by atoms with van der Waals surface area (Å²) in [5, 5.41) is 10.5. The van der Waals surface area contributed by atoms with Crippen molar-refractivity contribution in [3.8, 4) is 5.75 Å². The van der Waals surface area contributed by atoms with Crippen molar-refractivity contribution in [2.24, 2.45) is 5.92 Å². The molecule has 0 aliphatic carbocycles. The Morgan fingerprint density at radius 1 is 1.22 bits per heavy atom. The number of piperidine rings is 1. The smallest absolute Gasteiger partial charge is 0.255 e. The molecule has 7 nitrogen and oxygen atoms in total. The summed E-state index contributed by atoms with van der Waals surface area (Å²) in [6, 6.07) is 9.16. The Labute approximate surface area is 158 Å². The number of hydrogen-bond acceptors (Lipinski definition) is 5. The fourth-order valence-corrected chi connectivity index (χ4v) is 3.27. The van der Waals surface area contributed by atoms with Crippen LogP contribution in [0, 0.1) is 5.92 Å². The summed E-state index contributed by atoms with van der Waals surface area (Å²) in [6.07, 6.45) is 5.28. The molecule has 1 aliphatic heterocycles. The van der Waals surface area contributed by atoms with Gasteiger partial charge in [0.05, 0.1) is 31.5 Å². The van der Waals surface area contributed by atoms with Crippen LogP contribution in [-0.2, 0) is 11.2 Å². The van der Waals surface area contributed by atoms with Gasteiger partial charge in [-0.2, -0.15) is 10.2 Å². The summed E-state index contributed by atoms with van der Waals surface area (Å²) in [6.45, 7) is 1.95. The lowest BCUT2D eigenvalue weighted by atomic mass is 9.97. The van der Waals surface area contributed by atoms with E-state index in [2.05, 4.69) is 15.5 Å². The molecule has 0 radical (unpaired) electrons. The molecule has 2 amide bonds. The van der Waals surface area contributed by atoms with Crippen LogP contribution in [0.15, 0.2) is 42.7 Å². The van der Waals surface area contributed by atoms with Gasteiger partial charge in [0, 0.05) is 19.6 Å². The molecule has 142 valence electrons. The van der Waals surface area contributed by atoms with Crippen LogP contribution in [0.5, 0.6) is 5.75 Å². The summed E-state index contributed by atoms with van der Waals surface area (Å²) < 4.78 is 5.12. The highest BCUT2D eigenvalue weighted by Crippen LogP contribution is 2.18. The zero-order valence-electron chi connectivity index (χ0n) is 15.4. The van der Waals surface area contributed by atoms with Crippen molar-refractivity contribution in [1.82, 2.24) is 20.4 Å². The Bertz CT molecular complexity index is 765. The van der Waals surface area contributed by atoms with Gasteiger partial charge >= 0.3 is 0 Å². The van der Waals surface area contributed by atoms with Gasteiger partial charge in [-0.3, -0.25) is 9.59 Å². The molecule has 1 aromatic heterocycles. The first kappa shape index (κ1) is 18.8. The highest BCUT2D eigenvalue weighted by molar-refractivity contribution is 5.93. The molecule has 0 bridgehead atoms. The van der Waals surface area contributed by atoms with E-state index in [-0.39, 0.29) is 17.7 Å². The zero-order chi connectivity index (χ0) is 19.1. The van der Waals surface area contributed by atoms with Crippen LogP contribution in [0.3, 0.4) is 0 Å². The Hall–Kier alpha value is -2.96. The fourth-order valence-electron chi connectivity index (χ4n) is 3.27. The largest absolute Gasteiger partial charge is 0.497 e. The Morgan fingerprint density at radius 3 is 2.74 bits per heavy atom. The van der Waals surface area contributed by atoms with Gasteiger partial charge in [-0.05, 0) is 42.5 Å². The normalized spacial score (nSPS) is 16.6. The van der Waals surface area contributed by atoms with Crippen molar-refractivity contribution in [1.29, 1.82) is 0 Å². The lowest BCUT2D eigenvalue weighted by Crippen LogP contribution is -2.44. The standard InChI is InChI=1S/C20H24N4O3/c1-27-18-6-4-15(5-7-18)11-19(25)21-12-16-3-2-10-24(14-16)20(26)17-8-9-22-23-13-17/h4-9,13,16H,2-3,10-12,14H2,1H3,(H,21,25)/t16-/m0/s1. The maximum Gasteiger partial charge on any atom is 0.255 e. The summed E-state index contributed by atoms with van der Waals surface area (Å²) in [5.74, 6) is 0.994. The minimum atomic E-state index is -0.0286. The highest BCUT2D eigenvalue weighted by Gasteiger charge is 2.25. The SMILES string of the molecule is COc1ccc(CC(=O)NC[C@@H]2CCCN(C(=O)c3ccnnc3)C2)cc1. The first-order valence-electron chi connectivity index (χ1n) is 9.11. The summed E-state index contributed by atoms with van der Waals surface area (Å²) in [7, 11) is 1.62. The lowest BCUT2D eigenvalue weighted by molar-refractivity contribution is -0.120. The number of hydrogen-bond donors (Lipinski definition) is 1. The number of nitrogens with zero attached hydrogens (tertiary/aromatic N) is 3. The van der Waals surface area contributed by atoms with E-state index in [0.717, 1.165) is 30.7 Å². The summed E-state index contributed by atoms with van der Waals surface area (Å²) >= 11 is 0. The maximum absolute atomic E-state index is 12.5. The van der Waals surface area contributed by atoms with Crippen molar-refractivity contribution >= 4 is 11.8 Å². The van der Waals surface area contributed by atoms with E-state index in [9.17, 15) is 9.59 Å². The molecule has 1 atom stereocenters. The first-order valence-corrected chi connectivity index (χ1v) is 9.11. The molecule has 2 aromatic rings. The molecule has 2 heterocycles. The van der Waals surface area contributed by atoms with Gasteiger partial charge in [0.1, 0.15) is 5.75 Å². The Balaban J connectivity index is 1.47. The molecule has 1 saturated heterocycles. The molecule has 7 heteroatoms. The van der Waals surface area contributed by atoms with Crippen molar-refractivity contribution in [3.63, 3.8) is 0 Å². The molecule has 0 spiro atoms. The molecule has 0 saturated carbocycles. The number of aromatic nitrogens is 2. The average Bonchev–Trinajstić information content (AvgIpc) is 2.73. The van der Waals surface area contributed by atoms with Crippen molar-refractivity contribution < 1.29 is 14.3 Å². The Kier molecular flexibility index (Phi) is 6.35. The van der Waals surface area contributed by atoms with E-state index in [4.69, 9.17) is 4.74 Å². The van der Waals surface area contributed by atoms with E-state index >= 15 is 0 Å². The van der Waals surface area contributed by atoms with E-state index in [1.54, 1.807) is 13.2 Å². The zero-order valence-corrected chi connectivity index (χ0v) is 15.4. The topological polar surface area (TPSA) is 84.4 Å². The molecule has 1 aliphatic rings. The summed E-state index contributed by atoms with van der Waals surface area (Å²) in [4.78, 5) is 26.6. The third-order valence-electron chi connectivity index (χ3n) is 4.75. The lowest BCUT2D eigenvalue weighted by Gasteiger charge is -2.32. The molecule has 1 fully saturated rings. The van der Waals surface area contributed by atoms with Crippen LogP contribution in [0.25, 0.3) is 0 Å². The number of likely N-dealkylation sites (tertiary alicyclic amines) is 1. The number of amides is 2. The van der Waals surface area contributed by atoms with Gasteiger partial charge < -0.3 is 15.0 Å². The fraction of sp³-hybridized carbons (Fsp3) is 0.400. The maximum atomic E-state index is 12.5. The van der Waals surface area contributed by atoms with Gasteiger partial charge in [-0.1, -0.05) is 12.1 Å². The highest BCUT2D eigenvalue weighted by atomic mass is 16.5. The first-order chi connectivity index (χ1) is 13.2. The van der Waals surface area contributed by atoms with Crippen LogP contribution in [0.2, 0.25) is 0 Å². The molecule has 3 rings (SSSR count). The number of ether oxygens (including phenoxy) is 1.